The average Bonchev–Trinajstić information content (AvgIpc) is 3.25. The first kappa shape index (κ1) is 23.1. The van der Waals surface area contributed by atoms with E-state index >= 15 is 0 Å². The SMILES string of the molecule is CCNC(=O)C(Sc1cnc(Nc2ncc(C)[nH]2)c(Oc2ccccc2)c1)C1CCNCC1. The minimum Gasteiger partial charge on any atom is -0.453 e. The van der Waals surface area contributed by atoms with Gasteiger partial charge in [-0.1, -0.05) is 18.2 Å². The van der Waals surface area contributed by atoms with Gasteiger partial charge in [-0.05, 0) is 63.9 Å². The van der Waals surface area contributed by atoms with E-state index in [1.54, 1.807) is 24.2 Å². The van der Waals surface area contributed by atoms with E-state index in [-0.39, 0.29) is 11.2 Å². The van der Waals surface area contributed by atoms with Gasteiger partial charge in [-0.25, -0.2) is 9.97 Å². The number of benzene rings is 1. The highest BCUT2D eigenvalue weighted by molar-refractivity contribution is 8.00. The van der Waals surface area contributed by atoms with Gasteiger partial charge < -0.3 is 25.7 Å². The van der Waals surface area contributed by atoms with Crippen LogP contribution in [0.3, 0.4) is 0 Å². The standard InChI is InChI=1S/C24H30N6O2S/c1-3-26-23(31)21(17-9-11-25-12-10-17)33-19-13-20(32-18-7-5-4-6-8-18)22(27-15-19)30-24-28-14-16(2)29-24/h4-8,13-15,17,21,25H,3,9-12H2,1-2H3,(H,26,31)(H2,27,28,29,30). The van der Waals surface area contributed by atoms with Crippen molar-refractivity contribution in [3.05, 3.63) is 54.5 Å². The number of aromatic nitrogens is 3. The van der Waals surface area contributed by atoms with Crippen molar-refractivity contribution in [1.82, 2.24) is 25.6 Å². The van der Waals surface area contributed by atoms with Gasteiger partial charge in [-0.15, -0.1) is 11.8 Å². The maximum Gasteiger partial charge on any atom is 0.233 e. The Labute approximate surface area is 198 Å². The molecular formula is C24H30N6O2S. The van der Waals surface area contributed by atoms with Crippen molar-refractivity contribution in [2.75, 3.05) is 25.0 Å². The van der Waals surface area contributed by atoms with Crippen molar-refractivity contribution < 1.29 is 9.53 Å². The largest absolute Gasteiger partial charge is 0.453 e. The van der Waals surface area contributed by atoms with Gasteiger partial charge in [0.2, 0.25) is 11.9 Å². The second-order valence-electron chi connectivity index (χ2n) is 7.99. The molecule has 2 aromatic heterocycles. The molecule has 1 atom stereocenters. The Bertz CT molecular complexity index is 1050. The van der Waals surface area contributed by atoms with Gasteiger partial charge in [0.1, 0.15) is 5.75 Å². The fraction of sp³-hybridized carbons (Fsp3) is 0.375. The molecule has 4 N–H and O–H groups in total. The topological polar surface area (TPSA) is 104 Å². The number of imidazole rings is 1. The van der Waals surface area contributed by atoms with E-state index in [2.05, 4.69) is 30.9 Å². The Morgan fingerprint density at radius 3 is 2.70 bits per heavy atom. The lowest BCUT2D eigenvalue weighted by Crippen LogP contribution is -2.41. The average molecular weight is 467 g/mol. The highest BCUT2D eigenvalue weighted by atomic mass is 32.2. The monoisotopic (exact) mass is 466 g/mol. The summed E-state index contributed by atoms with van der Waals surface area (Å²) < 4.78 is 6.17. The number of anilines is 2. The predicted molar refractivity (Wildman–Crippen MR) is 131 cm³/mol. The summed E-state index contributed by atoms with van der Waals surface area (Å²) in [5.41, 5.74) is 0.946. The number of para-hydroxylation sites is 1. The number of thioether (sulfide) groups is 1. The molecule has 4 rings (SSSR count). The lowest BCUT2D eigenvalue weighted by atomic mass is 9.94. The number of hydrogen-bond donors (Lipinski definition) is 4. The van der Waals surface area contributed by atoms with Crippen molar-refractivity contribution in [1.29, 1.82) is 0 Å². The zero-order valence-corrected chi connectivity index (χ0v) is 19.7. The van der Waals surface area contributed by atoms with Crippen LogP contribution in [-0.4, -0.2) is 45.7 Å². The van der Waals surface area contributed by atoms with Crippen molar-refractivity contribution in [2.45, 2.75) is 36.8 Å². The number of rotatable bonds is 9. The summed E-state index contributed by atoms with van der Waals surface area (Å²) in [7, 11) is 0. The van der Waals surface area contributed by atoms with Gasteiger partial charge in [0.05, 0.1) is 5.25 Å². The van der Waals surface area contributed by atoms with Crippen LogP contribution in [-0.2, 0) is 4.79 Å². The molecule has 33 heavy (non-hydrogen) atoms. The van der Waals surface area contributed by atoms with E-state index in [0.29, 0.717) is 35.7 Å². The molecule has 8 nitrogen and oxygen atoms in total. The van der Waals surface area contributed by atoms with Gasteiger partial charge >= 0.3 is 0 Å². The Morgan fingerprint density at radius 1 is 1.21 bits per heavy atom. The normalized spacial score (nSPS) is 15.1. The zero-order chi connectivity index (χ0) is 23.0. The van der Waals surface area contributed by atoms with E-state index in [1.807, 2.05) is 50.2 Å². The number of amides is 1. The van der Waals surface area contributed by atoms with E-state index in [1.165, 1.54) is 0 Å². The fourth-order valence-corrected chi connectivity index (χ4v) is 5.04. The van der Waals surface area contributed by atoms with Crippen LogP contribution in [0.2, 0.25) is 0 Å². The molecule has 1 saturated heterocycles. The molecular weight excluding hydrogens is 436 g/mol. The summed E-state index contributed by atoms with van der Waals surface area (Å²) in [5, 5.41) is 9.42. The van der Waals surface area contributed by atoms with Gasteiger partial charge in [0.15, 0.2) is 11.6 Å². The number of aryl methyl sites for hydroxylation is 1. The number of carbonyl (C=O) groups excluding carboxylic acids is 1. The van der Waals surface area contributed by atoms with E-state index in [9.17, 15) is 4.79 Å². The molecule has 3 aromatic rings. The number of carbonyl (C=O) groups is 1. The summed E-state index contributed by atoms with van der Waals surface area (Å²) in [5.74, 6) is 2.81. The van der Waals surface area contributed by atoms with Crippen molar-refractivity contribution in [2.24, 2.45) is 5.92 Å². The summed E-state index contributed by atoms with van der Waals surface area (Å²) in [6.45, 7) is 6.38. The predicted octanol–water partition coefficient (Wildman–Crippen LogP) is 4.25. The third kappa shape index (κ3) is 6.27. The second kappa shape index (κ2) is 11.2. The van der Waals surface area contributed by atoms with Crippen LogP contribution in [0.4, 0.5) is 11.8 Å². The molecule has 0 saturated carbocycles. The Morgan fingerprint density at radius 2 is 2.00 bits per heavy atom. The third-order valence-electron chi connectivity index (χ3n) is 5.42. The fourth-order valence-electron chi connectivity index (χ4n) is 3.80. The smallest absolute Gasteiger partial charge is 0.233 e. The van der Waals surface area contributed by atoms with E-state index in [4.69, 9.17) is 4.74 Å². The molecule has 1 unspecified atom stereocenters. The van der Waals surface area contributed by atoms with Gasteiger partial charge in [-0.2, -0.15) is 0 Å². The van der Waals surface area contributed by atoms with E-state index < -0.39 is 0 Å². The molecule has 1 amide bonds. The molecule has 1 aliphatic rings. The number of nitrogens with zero attached hydrogens (tertiary/aromatic N) is 2. The van der Waals surface area contributed by atoms with Crippen molar-refractivity contribution in [3.8, 4) is 11.5 Å². The van der Waals surface area contributed by atoms with Crippen LogP contribution in [0.15, 0.2) is 53.7 Å². The number of ether oxygens (including phenoxy) is 1. The van der Waals surface area contributed by atoms with Crippen molar-refractivity contribution in [3.63, 3.8) is 0 Å². The molecule has 0 spiro atoms. The second-order valence-corrected chi connectivity index (χ2v) is 9.21. The minimum atomic E-state index is -0.176. The minimum absolute atomic E-state index is 0.0770. The zero-order valence-electron chi connectivity index (χ0n) is 18.9. The number of pyridine rings is 1. The molecule has 1 aromatic carbocycles. The third-order valence-corrected chi connectivity index (χ3v) is 6.77. The quantitative estimate of drug-likeness (QED) is 0.350. The molecule has 1 fully saturated rings. The maximum atomic E-state index is 12.9. The summed E-state index contributed by atoms with van der Waals surface area (Å²) in [4.78, 5) is 25.9. The van der Waals surface area contributed by atoms with Crippen LogP contribution < -0.4 is 20.7 Å². The van der Waals surface area contributed by atoms with Crippen LogP contribution >= 0.6 is 11.8 Å². The maximum absolute atomic E-state index is 12.9. The van der Waals surface area contributed by atoms with Crippen LogP contribution in [0.5, 0.6) is 11.5 Å². The first-order valence-electron chi connectivity index (χ1n) is 11.3. The van der Waals surface area contributed by atoms with Crippen LogP contribution in [0.25, 0.3) is 0 Å². The first-order chi connectivity index (χ1) is 16.1. The van der Waals surface area contributed by atoms with Crippen LogP contribution in [0, 0.1) is 12.8 Å². The van der Waals surface area contributed by atoms with E-state index in [0.717, 1.165) is 36.5 Å². The molecule has 0 radical (unpaired) electrons. The Balaban J connectivity index is 1.61. The lowest BCUT2D eigenvalue weighted by molar-refractivity contribution is -0.121. The molecule has 9 heteroatoms. The Kier molecular flexibility index (Phi) is 7.85. The number of piperidine rings is 1. The number of H-pyrrole nitrogens is 1. The molecule has 0 aliphatic carbocycles. The molecule has 1 aliphatic heterocycles. The van der Waals surface area contributed by atoms with Gasteiger partial charge in [0.25, 0.3) is 0 Å². The van der Waals surface area contributed by atoms with Gasteiger partial charge in [-0.3, -0.25) is 4.79 Å². The summed E-state index contributed by atoms with van der Waals surface area (Å²) in [6, 6.07) is 11.5. The first-order valence-corrected chi connectivity index (χ1v) is 12.2. The number of hydrogen-bond acceptors (Lipinski definition) is 7. The summed E-state index contributed by atoms with van der Waals surface area (Å²) in [6.07, 6.45) is 5.49. The van der Waals surface area contributed by atoms with Crippen molar-refractivity contribution >= 4 is 29.4 Å². The van der Waals surface area contributed by atoms with Crippen LogP contribution in [0.1, 0.15) is 25.5 Å². The molecule has 3 heterocycles. The highest BCUT2D eigenvalue weighted by Gasteiger charge is 2.30. The summed E-state index contributed by atoms with van der Waals surface area (Å²) >= 11 is 1.55. The number of nitrogens with one attached hydrogen (secondary N) is 4. The lowest BCUT2D eigenvalue weighted by Gasteiger charge is -2.29. The van der Waals surface area contributed by atoms with Gasteiger partial charge in [0, 0.05) is 29.5 Å². The molecule has 0 bridgehead atoms. The Hall–Kier alpha value is -3.04. The highest BCUT2D eigenvalue weighted by Crippen LogP contribution is 2.37. The number of aromatic amines is 1. The molecule has 174 valence electrons.